The summed E-state index contributed by atoms with van der Waals surface area (Å²) >= 11 is 2.04. The van der Waals surface area contributed by atoms with E-state index in [1.165, 1.54) is 28.3 Å². The fraction of sp³-hybridized carbons (Fsp3) is 0.435. The van der Waals surface area contributed by atoms with Crippen LogP contribution in [0.4, 0.5) is 5.69 Å². The summed E-state index contributed by atoms with van der Waals surface area (Å²) in [6.07, 6.45) is 0.942. The lowest BCUT2D eigenvalue weighted by Gasteiger charge is -2.28. The number of nitrogens with zero attached hydrogens (tertiary/aromatic N) is 2. The summed E-state index contributed by atoms with van der Waals surface area (Å²) in [5.74, 6) is 4.19. The van der Waals surface area contributed by atoms with Crippen LogP contribution in [-0.4, -0.2) is 50.8 Å². The highest BCUT2D eigenvalue weighted by Gasteiger charge is 2.10. The van der Waals surface area contributed by atoms with Crippen LogP contribution >= 0.6 is 35.7 Å². The molecular weight excluding hydrogens is 507 g/mol. The van der Waals surface area contributed by atoms with Gasteiger partial charge in [-0.1, -0.05) is 24.3 Å². The number of methoxy groups -OCH3 is 1. The Labute approximate surface area is 202 Å². The highest BCUT2D eigenvalue weighted by atomic mass is 127. The average Bonchev–Trinajstić information content (AvgIpc) is 2.79. The molecule has 1 fully saturated rings. The predicted octanol–water partition coefficient (Wildman–Crippen LogP) is 4.16. The first-order valence-electron chi connectivity index (χ1n) is 10.3. The van der Waals surface area contributed by atoms with Crippen LogP contribution in [0.3, 0.4) is 0 Å². The zero-order valence-electron chi connectivity index (χ0n) is 17.9. The molecule has 0 aliphatic carbocycles. The van der Waals surface area contributed by atoms with Gasteiger partial charge in [-0.25, -0.2) is 4.99 Å². The summed E-state index contributed by atoms with van der Waals surface area (Å²) in [7, 11) is 1.69. The van der Waals surface area contributed by atoms with Crippen molar-refractivity contribution in [2.24, 2.45) is 4.99 Å². The Kier molecular flexibility index (Phi) is 11.2. The van der Waals surface area contributed by atoms with E-state index in [0.717, 1.165) is 44.3 Å². The lowest BCUT2D eigenvalue weighted by atomic mass is 10.1. The van der Waals surface area contributed by atoms with Crippen molar-refractivity contribution in [2.45, 2.75) is 19.9 Å². The average molecular weight is 541 g/mol. The fourth-order valence-corrected chi connectivity index (χ4v) is 4.17. The Balaban J connectivity index is 0.00000320. The van der Waals surface area contributed by atoms with Gasteiger partial charge in [-0.3, -0.25) is 0 Å². The molecule has 164 valence electrons. The standard InChI is InChI=1S/C23H32N4OS.HI/c1-3-24-23(25-13-12-19-6-10-22(28-2)11-7-19)26-18-20-4-8-21(9-5-20)27-14-16-29-17-15-27;/h4-11H,3,12-18H2,1-2H3,(H2,24,25,26);1H. The third kappa shape index (κ3) is 7.91. The van der Waals surface area contributed by atoms with Gasteiger partial charge in [0.05, 0.1) is 13.7 Å². The Morgan fingerprint density at radius 1 is 1.00 bits per heavy atom. The zero-order valence-corrected chi connectivity index (χ0v) is 21.0. The van der Waals surface area contributed by atoms with Crippen molar-refractivity contribution >= 4 is 47.4 Å². The van der Waals surface area contributed by atoms with Gasteiger partial charge >= 0.3 is 0 Å². The normalized spacial score (nSPS) is 14.1. The number of ether oxygens (including phenoxy) is 1. The lowest BCUT2D eigenvalue weighted by molar-refractivity contribution is 0.414. The molecule has 1 aliphatic rings. The van der Waals surface area contributed by atoms with Gasteiger partial charge in [0.2, 0.25) is 0 Å². The van der Waals surface area contributed by atoms with Gasteiger partial charge in [-0.2, -0.15) is 11.8 Å². The van der Waals surface area contributed by atoms with Crippen molar-refractivity contribution < 1.29 is 4.74 Å². The monoisotopic (exact) mass is 540 g/mol. The van der Waals surface area contributed by atoms with Gasteiger partial charge in [-0.15, -0.1) is 24.0 Å². The molecule has 1 saturated heterocycles. The van der Waals surface area contributed by atoms with Crippen molar-refractivity contribution in [2.75, 3.05) is 49.7 Å². The highest BCUT2D eigenvalue weighted by molar-refractivity contribution is 14.0. The first-order chi connectivity index (χ1) is 14.3. The van der Waals surface area contributed by atoms with Gasteiger partial charge in [0.15, 0.2) is 5.96 Å². The molecule has 0 atom stereocenters. The van der Waals surface area contributed by atoms with Crippen molar-refractivity contribution in [1.29, 1.82) is 0 Å². The Morgan fingerprint density at radius 2 is 1.67 bits per heavy atom. The van der Waals surface area contributed by atoms with E-state index in [9.17, 15) is 0 Å². The maximum atomic E-state index is 5.21. The van der Waals surface area contributed by atoms with Crippen LogP contribution in [0.5, 0.6) is 5.75 Å². The molecule has 0 aromatic heterocycles. The minimum Gasteiger partial charge on any atom is -0.497 e. The zero-order chi connectivity index (χ0) is 20.3. The molecule has 1 aliphatic heterocycles. The SMILES string of the molecule is CCNC(=NCc1ccc(N2CCSCC2)cc1)NCCc1ccc(OC)cc1.I. The number of rotatable bonds is 8. The quantitative estimate of drug-likeness (QED) is 0.299. The minimum absolute atomic E-state index is 0. The van der Waals surface area contributed by atoms with E-state index in [1.54, 1.807) is 7.11 Å². The van der Waals surface area contributed by atoms with Crippen LogP contribution in [0.15, 0.2) is 53.5 Å². The number of guanidine groups is 1. The number of halogens is 1. The van der Waals surface area contributed by atoms with Crippen LogP contribution in [0.2, 0.25) is 0 Å². The van der Waals surface area contributed by atoms with E-state index < -0.39 is 0 Å². The highest BCUT2D eigenvalue weighted by Crippen LogP contribution is 2.20. The van der Waals surface area contributed by atoms with Crippen LogP contribution in [0.25, 0.3) is 0 Å². The van der Waals surface area contributed by atoms with Crippen LogP contribution in [0.1, 0.15) is 18.1 Å². The van der Waals surface area contributed by atoms with Gasteiger partial charge in [0.1, 0.15) is 5.75 Å². The summed E-state index contributed by atoms with van der Waals surface area (Å²) in [4.78, 5) is 7.21. The largest absolute Gasteiger partial charge is 0.497 e. The molecule has 0 radical (unpaired) electrons. The Hall–Kier alpha value is -1.61. The first kappa shape index (κ1) is 24.7. The molecule has 0 saturated carbocycles. The third-order valence-electron chi connectivity index (χ3n) is 4.94. The first-order valence-corrected chi connectivity index (χ1v) is 11.5. The van der Waals surface area contributed by atoms with E-state index >= 15 is 0 Å². The molecule has 0 spiro atoms. The van der Waals surface area contributed by atoms with E-state index in [4.69, 9.17) is 9.73 Å². The van der Waals surface area contributed by atoms with Crippen LogP contribution in [-0.2, 0) is 13.0 Å². The van der Waals surface area contributed by atoms with E-state index in [0.29, 0.717) is 6.54 Å². The predicted molar refractivity (Wildman–Crippen MR) is 141 cm³/mol. The molecule has 30 heavy (non-hydrogen) atoms. The lowest BCUT2D eigenvalue weighted by Crippen LogP contribution is -2.38. The molecule has 7 heteroatoms. The molecule has 2 aromatic rings. The second-order valence-electron chi connectivity index (χ2n) is 6.99. The molecule has 5 nitrogen and oxygen atoms in total. The van der Waals surface area contributed by atoms with Crippen LogP contribution < -0.4 is 20.3 Å². The molecule has 2 N–H and O–H groups in total. The summed E-state index contributed by atoms with van der Waals surface area (Å²) in [6.45, 7) is 6.74. The molecule has 0 unspecified atom stereocenters. The number of hydrogen-bond acceptors (Lipinski definition) is 4. The summed E-state index contributed by atoms with van der Waals surface area (Å²) in [5.41, 5.74) is 3.83. The number of thioether (sulfide) groups is 1. The number of benzene rings is 2. The van der Waals surface area contributed by atoms with E-state index in [2.05, 4.69) is 58.9 Å². The molecule has 3 rings (SSSR count). The van der Waals surface area contributed by atoms with Gasteiger partial charge < -0.3 is 20.3 Å². The summed E-state index contributed by atoms with van der Waals surface area (Å²) in [5, 5.41) is 6.76. The minimum atomic E-state index is 0. The topological polar surface area (TPSA) is 48.9 Å². The Morgan fingerprint density at radius 3 is 2.30 bits per heavy atom. The maximum absolute atomic E-state index is 5.21. The van der Waals surface area contributed by atoms with Crippen LogP contribution in [0, 0.1) is 0 Å². The van der Waals surface area contributed by atoms with Crippen molar-refractivity contribution in [3.05, 3.63) is 59.7 Å². The fourth-order valence-electron chi connectivity index (χ4n) is 3.26. The van der Waals surface area contributed by atoms with Crippen molar-refractivity contribution in [1.82, 2.24) is 10.6 Å². The number of nitrogens with one attached hydrogen (secondary N) is 2. The Bertz CT molecular complexity index is 762. The molecule has 2 aromatic carbocycles. The number of hydrogen-bond donors (Lipinski definition) is 2. The number of anilines is 1. The smallest absolute Gasteiger partial charge is 0.191 e. The molecule has 0 amide bonds. The third-order valence-corrected chi connectivity index (χ3v) is 5.88. The van der Waals surface area contributed by atoms with Gasteiger partial charge in [0.25, 0.3) is 0 Å². The maximum Gasteiger partial charge on any atom is 0.191 e. The second kappa shape index (κ2) is 13.6. The van der Waals surface area contributed by atoms with E-state index in [-0.39, 0.29) is 24.0 Å². The van der Waals surface area contributed by atoms with Crippen molar-refractivity contribution in [3.8, 4) is 5.75 Å². The molecular formula is C23H33IN4OS. The van der Waals surface area contributed by atoms with Gasteiger partial charge in [0, 0.05) is 43.4 Å². The summed E-state index contributed by atoms with van der Waals surface area (Å²) < 4.78 is 5.21. The summed E-state index contributed by atoms with van der Waals surface area (Å²) in [6, 6.07) is 17.1. The molecule has 1 heterocycles. The van der Waals surface area contributed by atoms with Crippen molar-refractivity contribution in [3.63, 3.8) is 0 Å². The van der Waals surface area contributed by atoms with Gasteiger partial charge in [-0.05, 0) is 48.7 Å². The second-order valence-corrected chi connectivity index (χ2v) is 8.21. The number of aliphatic imine (C=N–C) groups is 1. The van der Waals surface area contributed by atoms with E-state index in [1.807, 2.05) is 23.9 Å². The molecule has 0 bridgehead atoms.